The fraction of sp³-hybridized carbons (Fsp3) is 0.556. The lowest BCUT2D eigenvalue weighted by Crippen LogP contribution is -1.89. The molecule has 0 rings (SSSR count). The first-order valence-electron chi connectivity index (χ1n) is 3.84. The van der Waals surface area contributed by atoms with E-state index in [1.165, 1.54) is 0 Å². The molecule has 0 spiro atoms. The second-order valence-corrected chi connectivity index (χ2v) is 2.79. The third kappa shape index (κ3) is 5.52. The molecule has 0 saturated heterocycles. The van der Waals surface area contributed by atoms with Crippen LogP contribution in [-0.4, -0.2) is 12.9 Å². The van der Waals surface area contributed by atoms with E-state index in [0.29, 0.717) is 5.92 Å². The van der Waals surface area contributed by atoms with E-state index in [4.69, 9.17) is 0 Å². The molecular weight excluding hydrogens is 136 g/mol. The average Bonchev–Trinajstić information content (AvgIpc) is 1.87. The standard InChI is InChI=1S/C9H16N2/c1-5-11-9(7-10-4)6-8(2)3/h5,7-8H,4,6H2,1-3H3/b9-7-,11-5?. The zero-order valence-corrected chi connectivity index (χ0v) is 7.54. The van der Waals surface area contributed by atoms with E-state index in [1.54, 1.807) is 12.4 Å². The molecular formula is C9H16N2. The second kappa shape index (κ2) is 5.83. The summed E-state index contributed by atoms with van der Waals surface area (Å²) >= 11 is 0. The molecule has 0 fully saturated rings. The lowest BCUT2D eigenvalue weighted by Gasteiger charge is -2.02. The fourth-order valence-electron chi connectivity index (χ4n) is 0.828. The Kier molecular flexibility index (Phi) is 5.35. The van der Waals surface area contributed by atoms with Gasteiger partial charge >= 0.3 is 0 Å². The van der Waals surface area contributed by atoms with E-state index in [0.717, 1.165) is 12.1 Å². The Morgan fingerprint density at radius 2 is 2.18 bits per heavy atom. The lowest BCUT2D eigenvalue weighted by atomic mass is 10.1. The lowest BCUT2D eigenvalue weighted by molar-refractivity contribution is 0.638. The number of aliphatic imine (C=N–C) groups is 2. The van der Waals surface area contributed by atoms with Crippen LogP contribution in [-0.2, 0) is 0 Å². The first-order chi connectivity index (χ1) is 5.20. The van der Waals surface area contributed by atoms with Gasteiger partial charge in [0, 0.05) is 12.4 Å². The second-order valence-electron chi connectivity index (χ2n) is 2.79. The van der Waals surface area contributed by atoms with E-state index in [9.17, 15) is 0 Å². The van der Waals surface area contributed by atoms with Crippen molar-refractivity contribution >= 4 is 12.9 Å². The quantitative estimate of drug-likeness (QED) is 0.553. The van der Waals surface area contributed by atoms with E-state index >= 15 is 0 Å². The highest BCUT2D eigenvalue weighted by Crippen LogP contribution is 2.11. The van der Waals surface area contributed by atoms with Gasteiger partial charge in [-0.05, 0) is 26.0 Å². The van der Waals surface area contributed by atoms with Crippen molar-refractivity contribution < 1.29 is 0 Å². The molecule has 0 heterocycles. The summed E-state index contributed by atoms with van der Waals surface area (Å²) in [5, 5.41) is 0. The van der Waals surface area contributed by atoms with Gasteiger partial charge in [-0.2, -0.15) is 0 Å². The summed E-state index contributed by atoms with van der Waals surface area (Å²) in [5.41, 5.74) is 0.998. The maximum atomic E-state index is 4.16. The molecule has 0 aromatic rings. The average molecular weight is 152 g/mol. The van der Waals surface area contributed by atoms with Crippen molar-refractivity contribution in [3.63, 3.8) is 0 Å². The Morgan fingerprint density at radius 3 is 2.55 bits per heavy atom. The summed E-state index contributed by atoms with van der Waals surface area (Å²) in [7, 11) is 0. The highest BCUT2D eigenvalue weighted by molar-refractivity contribution is 5.55. The summed E-state index contributed by atoms with van der Waals surface area (Å²) in [5.74, 6) is 0.617. The predicted octanol–water partition coefficient (Wildman–Crippen LogP) is 2.67. The van der Waals surface area contributed by atoms with Crippen LogP contribution in [0.1, 0.15) is 27.2 Å². The third-order valence-corrected chi connectivity index (χ3v) is 1.15. The van der Waals surface area contributed by atoms with Crippen molar-refractivity contribution in [2.45, 2.75) is 27.2 Å². The van der Waals surface area contributed by atoms with Crippen LogP contribution in [0.15, 0.2) is 21.9 Å². The molecule has 0 aliphatic carbocycles. The topological polar surface area (TPSA) is 24.7 Å². The smallest absolute Gasteiger partial charge is 0.0584 e. The fourth-order valence-corrected chi connectivity index (χ4v) is 0.828. The maximum absolute atomic E-state index is 4.16. The van der Waals surface area contributed by atoms with Gasteiger partial charge in [-0.1, -0.05) is 13.8 Å². The van der Waals surface area contributed by atoms with Crippen LogP contribution < -0.4 is 0 Å². The van der Waals surface area contributed by atoms with Crippen LogP contribution in [0.5, 0.6) is 0 Å². The van der Waals surface area contributed by atoms with Gasteiger partial charge in [-0.15, -0.1) is 0 Å². The molecule has 0 aliphatic rings. The van der Waals surface area contributed by atoms with Crippen LogP contribution in [0, 0.1) is 5.92 Å². The minimum absolute atomic E-state index is 0.617. The largest absolute Gasteiger partial charge is 0.271 e. The highest BCUT2D eigenvalue weighted by Gasteiger charge is 1.97. The highest BCUT2D eigenvalue weighted by atomic mass is 14.8. The van der Waals surface area contributed by atoms with Crippen LogP contribution in [0.3, 0.4) is 0 Å². The van der Waals surface area contributed by atoms with Gasteiger partial charge in [0.05, 0.1) is 5.70 Å². The third-order valence-electron chi connectivity index (χ3n) is 1.15. The van der Waals surface area contributed by atoms with Crippen LogP contribution in [0.4, 0.5) is 0 Å². The molecule has 2 nitrogen and oxygen atoms in total. The van der Waals surface area contributed by atoms with Crippen LogP contribution in [0.2, 0.25) is 0 Å². The number of nitrogens with zero attached hydrogens (tertiary/aromatic N) is 2. The minimum Gasteiger partial charge on any atom is -0.271 e. The van der Waals surface area contributed by atoms with Gasteiger partial charge in [-0.3, -0.25) is 9.98 Å². The van der Waals surface area contributed by atoms with Gasteiger partial charge in [0.15, 0.2) is 0 Å². The molecule has 0 atom stereocenters. The molecule has 0 bridgehead atoms. The summed E-state index contributed by atoms with van der Waals surface area (Å²) in [6.07, 6.45) is 4.45. The molecule has 0 unspecified atom stereocenters. The summed E-state index contributed by atoms with van der Waals surface area (Å²) in [6, 6.07) is 0. The Bertz CT molecular complexity index is 166. The number of allylic oxidation sites excluding steroid dienone is 1. The van der Waals surface area contributed by atoms with Gasteiger partial charge < -0.3 is 0 Å². The van der Waals surface area contributed by atoms with Crippen LogP contribution >= 0.6 is 0 Å². The van der Waals surface area contributed by atoms with Gasteiger partial charge in [-0.25, -0.2) is 0 Å². The molecule has 11 heavy (non-hydrogen) atoms. The van der Waals surface area contributed by atoms with Gasteiger partial charge in [0.1, 0.15) is 0 Å². The first kappa shape index (κ1) is 10.1. The zero-order chi connectivity index (χ0) is 8.69. The van der Waals surface area contributed by atoms with Crippen molar-refractivity contribution in [3.8, 4) is 0 Å². The molecule has 2 heteroatoms. The van der Waals surface area contributed by atoms with E-state index in [-0.39, 0.29) is 0 Å². The van der Waals surface area contributed by atoms with Crippen molar-refractivity contribution in [2.24, 2.45) is 15.9 Å². The summed E-state index contributed by atoms with van der Waals surface area (Å²) in [6.45, 7) is 9.60. The predicted molar refractivity (Wildman–Crippen MR) is 51.3 cm³/mol. The number of hydrogen-bond acceptors (Lipinski definition) is 2. The van der Waals surface area contributed by atoms with Crippen molar-refractivity contribution in [1.82, 2.24) is 0 Å². The zero-order valence-electron chi connectivity index (χ0n) is 7.54. The Balaban J connectivity index is 4.11. The van der Waals surface area contributed by atoms with E-state index in [1.807, 2.05) is 6.92 Å². The minimum atomic E-state index is 0.617. The van der Waals surface area contributed by atoms with Crippen LogP contribution in [0.25, 0.3) is 0 Å². The normalized spacial score (nSPS) is 12.9. The Morgan fingerprint density at radius 1 is 1.55 bits per heavy atom. The molecule has 0 radical (unpaired) electrons. The molecule has 0 saturated carbocycles. The molecule has 0 amide bonds. The monoisotopic (exact) mass is 152 g/mol. The van der Waals surface area contributed by atoms with Crippen molar-refractivity contribution in [3.05, 3.63) is 11.9 Å². The molecule has 0 aliphatic heterocycles. The molecule has 0 N–H and O–H groups in total. The van der Waals surface area contributed by atoms with Gasteiger partial charge in [0.25, 0.3) is 0 Å². The number of hydrogen-bond donors (Lipinski definition) is 0. The summed E-state index contributed by atoms with van der Waals surface area (Å²) in [4.78, 5) is 7.84. The van der Waals surface area contributed by atoms with Crippen molar-refractivity contribution in [2.75, 3.05) is 0 Å². The number of rotatable bonds is 4. The molecule has 0 aromatic carbocycles. The first-order valence-corrected chi connectivity index (χ1v) is 3.84. The Hall–Kier alpha value is -0.920. The molecule has 0 aromatic heterocycles. The summed E-state index contributed by atoms with van der Waals surface area (Å²) < 4.78 is 0. The maximum Gasteiger partial charge on any atom is 0.0584 e. The molecule has 62 valence electrons. The van der Waals surface area contributed by atoms with Crippen molar-refractivity contribution in [1.29, 1.82) is 0 Å². The van der Waals surface area contributed by atoms with Gasteiger partial charge in [0.2, 0.25) is 0 Å². The van der Waals surface area contributed by atoms with E-state index in [2.05, 4.69) is 30.5 Å². The van der Waals surface area contributed by atoms with E-state index < -0.39 is 0 Å². The Labute approximate surface area is 68.8 Å². The SMILES string of the molecule is C=N/C=C(/CC(C)C)N=CC.